The van der Waals surface area contributed by atoms with E-state index in [4.69, 9.17) is 5.11 Å². The highest BCUT2D eigenvalue weighted by atomic mass is 16.4. The Bertz CT molecular complexity index is 463. The van der Waals surface area contributed by atoms with Gasteiger partial charge in [0.1, 0.15) is 31.0 Å². The van der Waals surface area contributed by atoms with Crippen LogP contribution >= 0.6 is 0 Å². The Hall–Kier alpha value is -0.240. The summed E-state index contributed by atoms with van der Waals surface area (Å²) in [7, 11) is 4.00. The number of nitrogens with zero attached hydrogens (tertiary/aromatic N) is 1. The molecule has 0 radical (unpaired) electrons. The van der Waals surface area contributed by atoms with Gasteiger partial charge in [-0.3, -0.25) is 0 Å². The maximum Gasteiger partial charge on any atom is 0.131 e. The first-order valence-corrected chi connectivity index (χ1v) is 15.4. The SMILES string of the molecule is CCCCCCCCCCCCCCCCCCCCCC[N+](C)(C)C[C@@H](O)[C@@H](O)[C@H](O)[C@H](O)CO. The molecule has 0 rings (SSSR count). The quantitative estimate of drug-likeness (QED) is 0.0748. The van der Waals surface area contributed by atoms with Gasteiger partial charge in [0.15, 0.2) is 0 Å². The van der Waals surface area contributed by atoms with E-state index in [0.29, 0.717) is 4.48 Å². The van der Waals surface area contributed by atoms with Crippen LogP contribution in [0.2, 0.25) is 0 Å². The molecule has 0 unspecified atom stereocenters. The highest BCUT2D eigenvalue weighted by Gasteiger charge is 2.33. The minimum absolute atomic E-state index is 0.287. The summed E-state index contributed by atoms with van der Waals surface area (Å²) in [4.78, 5) is 0. The molecule has 0 aliphatic carbocycles. The summed E-state index contributed by atoms with van der Waals surface area (Å²) in [6, 6.07) is 0. The second-order valence-corrected chi connectivity index (χ2v) is 11.9. The van der Waals surface area contributed by atoms with Gasteiger partial charge >= 0.3 is 0 Å². The van der Waals surface area contributed by atoms with Crippen LogP contribution in [0.3, 0.4) is 0 Å². The molecule has 0 aromatic rings. The van der Waals surface area contributed by atoms with E-state index in [1.165, 1.54) is 122 Å². The lowest BCUT2D eigenvalue weighted by Crippen LogP contribution is -2.54. The highest BCUT2D eigenvalue weighted by molar-refractivity contribution is 4.80. The van der Waals surface area contributed by atoms with Crippen molar-refractivity contribution in [1.29, 1.82) is 0 Å². The fourth-order valence-electron chi connectivity index (χ4n) is 5.06. The van der Waals surface area contributed by atoms with E-state index < -0.39 is 31.0 Å². The fraction of sp³-hybridized carbons (Fsp3) is 1.00. The van der Waals surface area contributed by atoms with Crippen molar-refractivity contribution in [2.75, 3.05) is 33.8 Å². The Morgan fingerprint density at radius 2 is 0.778 bits per heavy atom. The number of quaternary nitrogens is 1. The van der Waals surface area contributed by atoms with E-state index in [9.17, 15) is 20.4 Å². The maximum absolute atomic E-state index is 10.2. The van der Waals surface area contributed by atoms with Crippen LogP contribution < -0.4 is 0 Å². The Morgan fingerprint density at radius 3 is 1.11 bits per heavy atom. The molecule has 0 aromatic carbocycles. The van der Waals surface area contributed by atoms with Crippen LogP contribution in [0.25, 0.3) is 0 Å². The number of hydrogen-bond acceptors (Lipinski definition) is 5. The molecule has 0 saturated heterocycles. The van der Waals surface area contributed by atoms with Gasteiger partial charge in [0.2, 0.25) is 0 Å². The smallest absolute Gasteiger partial charge is 0.131 e. The van der Waals surface area contributed by atoms with Crippen molar-refractivity contribution in [1.82, 2.24) is 0 Å². The lowest BCUT2D eigenvalue weighted by atomic mass is 10.0. The zero-order valence-corrected chi connectivity index (χ0v) is 24.3. The normalized spacial score (nSPS) is 15.7. The predicted octanol–water partition coefficient (Wildman–Crippen LogP) is 5.32. The van der Waals surface area contributed by atoms with E-state index in [1.54, 1.807) is 0 Å². The Labute approximate surface area is 223 Å². The summed E-state index contributed by atoms with van der Waals surface area (Å²) in [5, 5.41) is 48.3. The van der Waals surface area contributed by atoms with Gasteiger partial charge in [-0.1, -0.05) is 122 Å². The number of hydrogen-bond donors (Lipinski definition) is 5. The molecule has 0 aromatic heterocycles. The topological polar surface area (TPSA) is 101 Å². The van der Waals surface area contributed by atoms with E-state index in [2.05, 4.69) is 6.92 Å². The number of aliphatic hydroxyl groups excluding tert-OH is 5. The van der Waals surface area contributed by atoms with E-state index in [1.807, 2.05) is 14.1 Å². The number of unbranched alkanes of at least 4 members (excludes halogenated alkanes) is 19. The lowest BCUT2D eigenvalue weighted by molar-refractivity contribution is -0.894. The third kappa shape index (κ3) is 20.8. The van der Waals surface area contributed by atoms with Gasteiger partial charge in [-0.05, 0) is 12.8 Å². The zero-order valence-electron chi connectivity index (χ0n) is 24.3. The van der Waals surface area contributed by atoms with Gasteiger partial charge in [-0.25, -0.2) is 0 Å². The van der Waals surface area contributed by atoms with Gasteiger partial charge in [0.25, 0.3) is 0 Å². The summed E-state index contributed by atoms with van der Waals surface area (Å²) in [5.74, 6) is 0. The Balaban J connectivity index is 3.49. The molecule has 0 spiro atoms. The molecule has 218 valence electrons. The van der Waals surface area contributed by atoms with Gasteiger partial charge in [0.05, 0.1) is 27.2 Å². The van der Waals surface area contributed by atoms with Crippen molar-refractivity contribution in [3.63, 3.8) is 0 Å². The van der Waals surface area contributed by atoms with Crippen LogP contribution in [0.5, 0.6) is 0 Å². The molecule has 0 amide bonds. The molecule has 4 atom stereocenters. The first-order valence-electron chi connectivity index (χ1n) is 15.4. The molecular weight excluding hydrogens is 454 g/mol. The molecule has 0 aliphatic rings. The number of aliphatic hydroxyl groups is 5. The second kappa shape index (κ2) is 23.8. The van der Waals surface area contributed by atoms with Crippen molar-refractivity contribution >= 4 is 0 Å². The van der Waals surface area contributed by atoms with E-state index in [0.717, 1.165) is 13.0 Å². The molecule has 0 saturated carbocycles. The monoisotopic (exact) mass is 518 g/mol. The Kier molecular flexibility index (Phi) is 23.7. The molecule has 36 heavy (non-hydrogen) atoms. The first-order chi connectivity index (χ1) is 17.2. The standard InChI is InChI=1S/C30H64NO5/c1-4-5-6-7-8-9-10-11-12-13-14-15-16-17-18-19-20-21-22-23-24-31(2,3)25-27(33)29(35)30(36)28(34)26-32/h27-30,32-36H,4-26H2,1-3H3/q+1/t27-,28-,29-,30-/m1/s1. The summed E-state index contributed by atoms with van der Waals surface area (Å²) in [6.45, 7) is 2.81. The van der Waals surface area contributed by atoms with Crippen LogP contribution in [0, 0.1) is 0 Å². The molecule has 0 aliphatic heterocycles. The molecule has 0 bridgehead atoms. The van der Waals surface area contributed by atoms with Gasteiger partial charge in [0, 0.05) is 0 Å². The predicted molar refractivity (Wildman–Crippen MR) is 151 cm³/mol. The minimum Gasteiger partial charge on any atom is -0.394 e. The fourth-order valence-corrected chi connectivity index (χ4v) is 5.06. The molecular formula is C30H64NO5+. The lowest BCUT2D eigenvalue weighted by Gasteiger charge is -2.34. The maximum atomic E-state index is 10.2. The molecule has 6 heteroatoms. The summed E-state index contributed by atoms with van der Waals surface area (Å²) < 4.78 is 0.541. The van der Waals surface area contributed by atoms with Gasteiger partial charge in [-0.2, -0.15) is 0 Å². The second-order valence-electron chi connectivity index (χ2n) is 11.9. The van der Waals surface area contributed by atoms with Crippen molar-refractivity contribution < 1.29 is 30.0 Å². The van der Waals surface area contributed by atoms with Crippen molar-refractivity contribution in [3.05, 3.63) is 0 Å². The van der Waals surface area contributed by atoms with Crippen LogP contribution in [0.15, 0.2) is 0 Å². The Morgan fingerprint density at radius 1 is 0.472 bits per heavy atom. The average molecular weight is 519 g/mol. The minimum atomic E-state index is -1.55. The van der Waals surface area contributed by atoms with Gasteiger partial charge < -0.3 is 30.0 Å². The third-order valence-corrected chi connectivity index (χ3v) is 7.62. The largest absolute Gasteiger partial charge is 0.394 e. The van der Waals surface area contributed by atoms with Crippen molar-refractivity contribution in [3.8, 4) is 0 Å². The summed E-state index contributed by atoms with van der Waals surface area (Å²) in [6.07, 6.45) is 21.6. The molecule has 0 fully saturated rings. The summed E-state index contributed by atoms with van der Waals surface area (Å²) in [5.41, 5.74) is 0. The van der Waals surface area contributed by atoms with Crippen LogP contribution in [-0.4, -0.2) is 88.2 Å². The van der Waals surface area contributed by atoms with Crippen LogP contribution in [0.1, 0.15) is 135 Å². The van der Waals surface area contributed by atoms with Crippen LogP contribution in [-0.2, 0) is 0 Å². The number of likely N-dealkylation sites (N-methyl/N-ethyl adjacent to an activating group) is 1. The number of rotatable bonds is 27. The van der Waals surface area contributed by atoms with Crippen LogP contribution in [0.4, 0.5) is 0 Å². The average Bonchev–Trinajstić information content (AvgIpc) is 2.85. The van der Waals surface area contributed by atoms with E-state index in [-0.39, 0.29) is 6.54 Å². The highest BCUT2D eigenvalue weighted by Crippen LogP contribution is 2.16. The molecule has 6 nitrogen and oxygen atoms in total. The summed E-state index contributed by atoms with van der Waals surface area (Å²) >= 11 is 0. The molecule has 0 heterocycles. The van der Waals surface area contributed by atoms with E-state index >= 15 is 0 Å². The zero-order chi connectivity index (χ0) is 27.1. The third-order valence-electron chi connectivity index (χ3n) is 7.62. The molecule has 5 N–H and O–H groups in total. The van der Waals surface area contributed by atoms with Crippen molar-refractivity contribution in [2.45, 2.75) is 160 Å². The van der Waals surface area contributed by atoms with Gasteiger partial charge in [-0.15, -0.1) is 0 Å². The van der Waals surface area contributed by atoms with Crippen molar-refractivity contribution in [2.24, 2.45) is 0 Å². The first kappa shape index (κ1) is 35.8.